The number of benzene rings is 1. The summed E-state index contributed by atoms with van der Waals surface area (Å²) in [6, 6.07) is 6.36. The molecule has 6 heteroatoms. The molecule has 1 aromatic carbocycles. The van der Waals surface area contributed by atoms with Crippen molar-refractivity contribution in [2.45, 2.75) is 63.1 Å². The first-order valence-corrected chi connectivity index (χ1v) is 9.68. The van der Waals surface area contributed by atoms with Crippen molar-refractivity contribution in [2.24, 2.45) is 10.9 Å². The highest BCUT2D eigenvalue weighted by Gasteiger charge is 2.37. The maximum Gasteiger partial charge on any atom is 0.429 e. The zero-order valence-electron chi connectivity index (χ0n) is 14.1. The first-order chi connectivity index (χ1) is 11.3. The second-order valence-electron chi connectivity index (χ2n) is 6.52. The van der Waals surface area contributed by atoms with Gasteiger partial charge in [-0.3, -0.25) is 9.20 Å². The van der Waals surface area contributed by atoms with Gasteiger partial charge in [-0.2, -0.15) is 13.2 Å². The van der Waals surface area contributed by atoms with Gasteiger partial charge in [-0.25, -0.2) is 0 Å². The van der Waals surface area contributed by atoms with Gasteiger partial charge in [0.25, 0.3) is 0 Å². The third-order valence-corrected chi connectivity index (χ3v) is 5.90. The quantitative estimate of drug-likeness (QED) is 0.675. The van der Waals surface area contributed by atoms with Gasteiger partial charge in [0.1, 0.15) is 5.71 Å². The largest absolute Gasteiger partial charge is 0.429 e. The molecule has 1 aliphatic rings. The number of rotatable bonds is 5. The number of alkyl halides is 3. The van der Waals surface area contributed by atoms with Gasteiger partial charge in [0.2, 0.25) is 0 Å². The molecule has 134 valence electrons. The second kappa shape index (κ2) is 8.28. The number of hydrogen-bond donors (Lipinski definition) is 0. The lowest BCUT2D eigenvalue weighted by atomic mass is 9.85. The molecule has 1 aromatic rings. The molecule has 0 heterocycles. The van der Waals surface area contributed by atoms with Crippen LogP contribution in [-0.2, 0) is 10.8 Å². The van der Waals surface area contributed by atoms with Gasteiger partial charge in [0.15, 0.2) is 0 Å². The van der Waals surface area contributed by atoms with Gasteiger partial charge >= 0.3 is 6.18 Å². The number of nitrogens with zero attached hydrogens (tertiary/aromatic N) is 1. The Hall–Kier alpha value is -1.17. The van der Waals surface area contributed by atoms with Crippen molar-refractivity contribution in [3.8, 4) is 0 Å². The minimum absolute atomic E-state index is 0.198. The average molecular weight is 359 g/mol. The molecule has 2 atom stereocenters. The zero-order valence-corrected chi connectivity index (χ0v) is 14.9. The van der Waals surface area contributed by atoms with Crippen molar-refractivity contribution in [2.75, 3.05) is 5.75 Å². The van der Waals surface area contributed by atoms with E-state index in [9.17, 15) is 17.4 Å². The molecule has 0 aromatic heterocycles. The monoisotopic (exact) mass is 359 g/mol. The molecule has 0 bridgehead atoms. The van der Waals surface area contributed by atoms with Crippen LogP contribution in [0.4, 0.5) is 13.2 Å². The fraction of sp³-hybridized carbons (Fsp3) is 0.611. The zero-order chi connectivity index (χ0) is 17.7. The molecule has 0 saturated heterocycles. The van der Waals surface area contributed by atoms with Crippen LogP contribution < -0.4 is 0 Å². The Balaban J connectivity index is 2.14. The summed E-state index contributed by atoms with van der Waals surface area (Å²) < 4.78 is 52.3. The topological polar surface area (TPSA) is 29.4 Å². The Kier molecular flexibility index (Phi) is 6.61. The molecular formula is C18H24F3NOS. The third-order valence-electron chi connectivity index (χ3n) is 4.57. The summed E-state index contributed by atoms with van der Waals surface area (Å²) in [5.41, 5.74) is 0.0749. The summed E-state index contributed by atoms with van der Waals surface area (Å²) in [5.74, 6) is -0.382. The van der Waals surface area contributed by atoms with E-state index < -0.39 is 28.4 Å². The number of halogens is 3. The van der Waals surface area contributed by atoms with Gasteiger partial charge in [-0.1, -0.05) is 37.0 Å². The van der Waals surface area contributed by atoms with Crippen LogP contribution in [0.2, 0.25) is 0 Å². The SMILES string of the molecule is Cc1ccc(S(=O)CC(=N[C@H](C)C2CCCCC2)C(F)(F)F)cc1. The van der Waals surface area contributed by atoms with E-state index in [1.165, 1.54) is 0 Å². The number of aryl methyl sites for hydroxylation is 1. The molecule has 0 amide bonds. The summed E-state index contributed by atoms with van der Waals surface area (Å²) in [6.45, 7) is 3.62. The average Bonchev–Trinajstić information content (AvgIpc) is 2.54. The molecule has 2 rings (SSSR count). The third kappa shape index (κ3) is 5.43. The summed E-state index contributed by atoms with van der Waals surface area (Å²) in [6.07, 6.45) is 0.579. The highest BCUT2D eigenvalue weighted by molar-refractivity contribution is 7.85. The molecule has 0 spiro atoms. The van der Waals surface area contributed by atoms with Crippen LogP contribution in [0.25, 0.3) is 0 Å². The van der Waals surface area contributed by atoms with Crippen molar-refractivity contribution in [1.82, 2.24) is 0 Å². The summed E-state index contributed by atoms with van der Waals surface area (Å²) >= 11 is 0. The molecule has 1 unspecified atom stereocenters. The van der Waals surface area contributed by atoms with E-state index in [2.05, 4.69) is 4.99 Å². The van der Waals surface area contributed by atoms with Crippen molar-refractivity contribution >= 4 is 16.5 Å². The van der Waals surface area contributed by atoms with E-state index in [0.717, 1.165) is 37.7 Å². The first-order valence-electron chi connectivity index (χ1n) is 8.36. The molecular weight excluding hydrogens is 335 g/mol. The Morgan fingerprint density at radius 2 is 1.79 bits per heavy atom. The minimum Gasteiger partial charge on any atom is -0.281 e. The van der Waals surface area contributed by atoms with E-state index in [4.69, 9.17) is 0 Å². The lowest BCUT2D eigenvalue weighted by Gasteiger charge is -2.26. The molecule has 0 radical (unpaired) electrons. The Labute approximate surface area is 144 Å². The highest BCUT2D eigenvalue weighted by atomic mass is 32.2. The predicted molar refractivity (Wildman–Crippen MR) is 92.0 cm³/mol. The van der Waals surface area contributed by atoms with Crippen LogP contribution in [0.15, 0.2) is 34.2 Å². The molecule has 1 saturated carbocycles. The molecule has 2 nitrogen and oxygen atoms in total. The van der Waals surface area contributed by atoms with Gasteiger partial charge in [-0.15, -0.1) is 0 Å². The fourth-order valence-electron chi connectivity index (χ4n) is 3.06. The number of aliphatic imine (C=N–C) groups is 1. The van der Waals surface area contributed by atoms with Gasteiger partial charge in [0, 0.05) is 4.90 Å². The van der Waals surface area contributed by atoms with E-state index in [1.807, 2.05) is 6.92 Å². The lowest BCUT2D eigenvalue weighted by molar-refractivity contribution is -0.0594. The predicted octanol–water partition coefficient (Wildman–Crippen LogP) is 5.07. The van der Waals surface area contributed by atoms with Crippen LogP contribution >= 0.6 is 0 Å². The first kappa shape index (κ1) is 19.2. The van der Waals surface area contributed by atoms with E-state index >= 15 is 0 Å². The van der Waals surface area contributed by atoms with Crippen LogP contribution in [-0.4, -0.2) is 27.9 Å². The second-order valence-corrected chi connectivity index (χ2v) is 7.97. The van der Waals surface area contributed by atoms with Crippen molar-refractivity contribution in [3.63, 3.8) is 0 Å². The van der Waals surface area contributed by atoms with E-state index in [0.29, 0.717) is 4.90 Å². The standard InChI is InChI=1S/C18H24F3NOS/c1-13-8-10-16(11-9-13)24(23)12-17(18(19,20)21)22-14(2)15-6-4-3-5-7-15/h8-11,14-15H,3-7,12H2,1-2H3/t14-,24?/m1/s1. The minimum atomic E-state index is -4.54. The molecule has 1 fully saturated rings. The van der Waals surface area contributed by atoms with E-state index in [-0.39, 0.29) is 12.0 Å². The Morgan fingerprint density at radius 3 is 2.33 bits per heavy atom. The lowest BCUT2D eigenvalue weighted by Crippen LogP contribution is -2.31. The fourth-order valence-corrected chi connectivity index (χ4v) is 4.15. The molecule has 24 heavy (non-hydrogen) atoms. The van der Waals surface area contributed by atoms with Crippen molar-refractivity contribution in [1.29, 1.82) is 0 Å². The van der Waals surface area contributed by atoms with Gasteiger partial charge in [0.05, 0.1) is 22.6 Å². The van der Waals surface area contributed by atoms with Crippen molar-refractivity contribution in [3.05, 3.63) is 29.8 Å². The van der Waals surface area contributed by atoms with Gasteiger partial charge < -0.3 is 0 Å². The van der Waals surface area contributed by atoms with Crippen LogP contribution in [0, 0.1) is 12.8 Å². The molecule has 0 aliphatic heterocycles. The molecule has 1 aliphatic carbocycles. The summed E-state index contributed by atoms with van der Waals surface area (Å²) in [5, 5.41) is 0. The van der Waals surface area contributed by atoms with Crippen LogP contribution in [0.3, 0.4) is 0 Å². The Bertz CT molecular complexity index is 589. The maximum atomic E-state index is 13.3. The Morgan fingerprint density at radius 1 is 1.21 bits per heavy atom. The normalized spacial score (nSPS) is 20.0. The van der Waals surface area contributed by atoms with Crippen molar-refractivity contribution < 1.29 is 17.4 Å². The smallest absolute Gasteiger partial charge is 0.281 e. The van der Waals surface area contributed by atoms with Crippen LogP contribution in [0.5, 0.6) is 0 Å². The highest BCUT2D eigenvalue weighted by Crippen LogP contribution is 2.29. The van der Waals surface area contributed by atoms with Crippen LogP contribution in [0.1, 0.15) is 44.6 Å². The maximum absolute atomic E-state index is 13.3. The molecule has 0 N–H and O–H groups in total. The van der Waals surface area contributed by atoms with Gasteiger partial charge in [-0.05, 0) is 44.7 Å². The summed E-state index contributed by atoms with van der Waals surface area (Å²) in [7, 11) is -1.74. The number of hydrogen-bond acceptors (Lipinski definition) is 2. The van der Waals surface area contributed by atoms with E-state index in [1.54, 1.807) is 31.2 Å². The summed E-state index contributed by atoms with van der Waals surface area (Å²) in [4.78, 5) is 4.36.